The zero-order valence-corrected chi connectivity index (χ0v) is 10.9. The topological polar surface area (TPSA) is 32.3 Å². The molecular formula is C13H18N2OS. The van der Waals surface area contributed by atoms with E-state index >= 15 is 0 Å². The molecule has 0 bridgehead atoms. The van der Waals surface area contributed by atoms with Gasteiger partial charge in [0.25, 0.3) is 5.91 Å². The van der Waals surface area contributed by atoms with Crippen LogP contribution < -0.4 is 5.32 Å². The van der Waals surface area contributed by atoms with Gasteiger partial charge in [0.05, 0.1) is 5.56 Å². The minimum absolute atomic E-state index is 0.222. The second-order valence-corrected chi connectivity index (χ2v) is 5.89. The Morgan fingerprint density at radius 1 is 1.47 bits per heavy atom. The van der Waals surface area contributed by atoms with E-state index < -0.39 is 0 Å². The summed E-state index contributed by atoms with van der Waals surface area (Å²) in [6.07, 6.45) is 2.52. The Morgan fingerprint density at radius 2 is 2.35 bits per heavy atom. The Bertz CT molecular complexity index is 415. The van der Waals surface area contributed by atoms with Gasteiger partial charge in [0, 0.05) is 24.5 Å². The number of carbonyl (C=O) groups excluding carboxylic acids is 1. The van der Waals surface area contributed by atoms with Crippen LogP contribution >= 0.6 is 11.3 Å². The van der Waals surface area contributed by atoms with Gasteiger partial charge in [-0.15, -0.1) is 0 Å². The van der Waals surface area contributed by atoms with Crippen molar-refractivity contribution in [2.75, 3.05) is 19.6 Å². The number of hydrogen-bond acceptors (Lipinski definition) is 3. The lowest BCUT2D eigenvalue weighted by atomic mass is 9.94. The molecule has 3 rings (SSSR count). The molecule has 0 aliphatic carbocycles. The van der Waals surface area contributed by atoms with Gasteiger partial charge in [-0.05, 0) is 43.2 Å². The summed E-state index contributed by atoms with van der Waals surface area (Å²) in [5.41, 5.74) is 2.01. The van der Waals surface area contributed by atoms with Gasteiger partial charge in [0.15, 0.2) is 0 Å². The summed E-state index contributed by atoms with van der Waals surface area (Å²) in [6, 6.07) is 0.534. The second kappa shape index (κ2) is 4.42. The van der Waals surface area contributed by atoms with Crippen molar-refractivity contribution >= 4 is 17.2 Å². The van der Waals surface area contributed by atoms with E-state index in [1.54, 1.807) is 11.3 Å². The number of likely N-dealkylation sites (tertiary alicyclic amines) is 1. The lowest BCUT2D eigenvalue weighted by Gasteiger charge is -2.24. The smallest absolute Gasteiger partial charge is 0.255 e. The molecule has 2 aliphatic heterocycles. The summed E-state index contributed by atoms with van der Waals surface area (Å²) in [7, 11) is 0. The van der Waals surface area contributed by atoms with E-state index in [4.69, 9.17) is 0 Å². The largest absolute Gasteiger partial charge is 0.337 e. The van der Waals surface area contributed by atoms with Crippen molar-refractivity contribution in [1.29, 1.82) is 0 Å². The maximum atomic E-state index is 12.4. The summed E-state index contributed by atoms with van der Waals surface area (Å²) < 4.78 is 0. The Labute approximate surface area is 106 Å². The predicted molar refractivity (Wildman–Crippen MR) is 69.5 cm³/mol. The van der Waals surface area contributed by atoms with Crippen LogP contribution in [0.3, 0.4) is 0 Å². The van der Waals surface area contributed by atoms with E-state index in [2.05, 4.69) is 10.7 Å². The highest BCUT2D eigenvalue weighted by atomic mass is 32.1. The molecule has 0 radical (unpaired) electrons. The number of hydrogen-bond donors (Lipinski definition) is 1. The third-order valence-electron chi connectivity index (χ3n) is 3.97. The summed E-state index contributed by atoms with van der Waals surface area (Å²) in [6.45, 7) is 4.95. The fourth-order valence-corrected chi connectivity index (χ4v) is 3.78. The second-order valence-electron chi connectivity index (χ2n) is 5.14. The summed E-state index contributed by atoms with van der Waals surface area (Å²) >= 11 is 1.62. The summed E-state index contributed by atoms with van der Waals surface area (Å²) in [4.78, 5) is 14.4. The zero-order valence-electron chi connectivity index (χ0n) is 10.1. The first-order valence-electron chi connectivity index (χ1n) is 6.31. The van der Waals surface area contributed by atoms with E-state index in [9.17, 15) is 4.79 Å². The van der Waals surface area contributed by atoms with E-state index in [0.29, 0.717) is 12.0 Å². The van der Waals surface area contributed by atoms with Crippen molar-refractivity contribution < 1.29 is 4.79 Å². The molecule has 2 saturated heterocycles. The molecular weight excluding hydrogens is 232 g/mol. The normalized spacial score (nSPS) is 28.2. The highest BCUT2D eigenvalue weighted by Gasteiger charge is 2.36. The number of carbonyl (C=O) groups is 1. The lowest BCUT2D eigenvalue weighted by Crippen LogP contribution is -2.41. The number of nitrogens with zero attached hydrogens (tertiary/aromatic N) is 1. The van der Waals surface area contributed by atoms with E-state index in [1.165, 1.54) is 12.8 Å². The van der Waals surface area contributed by atoms with Gasteiger partial charge >= 0.3 is 0 Å². The average Bonchev–Trinajstić information content (AvgIpc) is 2.93. The van der Waals surface area contributed by atoms with Gasteiger partial charge in [-0.25, -0.2) is 0 Å². The molecule has 92 valence electrons. The van der Waals surface area contributed by atoms with Crippen molar-refractivity contribution in [2.24, 2.45) is 5.92 Å². The van der Waals surface area contributed by atoms with Gasteiger partial charge in [0.1, 0.15) is 0 Å². The SMILES string of the molecule is Cc1cscc1C(=O)N1C[C@@H]2CCCN[C@@H]2C1. The Morgan fingerprint density at radius 3 is 3.06 bits per heavy atom. The third-order valence-corrected chi connectivity index (χ3v) is 4.83. The summed E-state index contributed by atoms with van der Waals surface area (Å²) in [5, 5.41) is 7.56. The molecule has 17 heavy (non-hydrogen) atoms. The molecule has 1 amide bonds. The lowest BCUT2D eigenvalue weighted by molar-refractivity contribution is 0.0785. The fraction of sp³-hybridized carbons (Fsp3) is 0.615. The number of fused-ring (bicyclic) bond motifs is 1. The van der Waals surface area contributed by atoms with E-state index in [-0.39, 0.29) is 5.91 Å². The highest BCUT2D eigenvalue weighted by molar-refractivity contribution is 7.08. The number of nitrogens with one attached hydrogen (secondary N) is 1. The van der Waals surface area contributed by atoms with Crippen LogP contribution in [0, 0.1) is 12.8 Å². The fourth-order valence-electron chi connectivity index (χ4n) is 2.96. The van der Waals surface area contributed by atoms with E-state index in [0.717, 1.165) is 30.8 Å². The quantitative estimate of drug-likeness (QED) is 0.825. The standard InChI is InChI=1S/C13H18N2OS/c1-9-7-17-8-11(9)13(16)15-5-10-3-2-4-14-12(10)6-15/h7-8,10,12,14H,2-6H2,1H3/t10-,12+/m0/s1. The van der Waals surface area contributed by atoms with Gasteiger partial charge in [-0.1, -0.05) is 0 Å². The number of piperidine rings is 1. The average molecular weight is 250 g/mol. The Hall–Kier alpha value is -0.870. The molecule has 2 aliphatic rings. The monoisotopic (exact) mass is 250 g/mol. The Kier molecular flexibility index (Phi) is 2.92. The molecule has 0 unspecified atom stereocenters. The van der Waals surface area contributed by atoms with Crippen molar-refractivity contribution in [3.63, 3.8) is 0 Å². The van der Waals surface area contributed by atoms with Gasteiger partial charge < -0.3 is 10.2 Å². The first-order valence-corrected chi connectivity index (χ1v) is 7.25. The summed E-state index contributed by atoms with van der Waals surface area (Å²) in [5.74, 6) is 0.895. The highest BCUT2D eigenvalue weighted by Crippen LogP contribution is 2.27. The number of amides is 1. The number of aryl methyl sites for hydroxylation is 1. The van der Waals surface area contributed by atoms with Crippen molar-refractivity contribution in [1.82, 2.24) is 10.2 Å². The molecule has 4 heteroatoms. The van der Waals surface area contributed by atoms with Crippen LogP contribution in [0.5, 0.6) is 0 Å². The van der Waals surface area contributed by atoms with Crippen LogP contribution in [-0.2, 0) is 0 Å². The van der Waals surface area contributed by atoms with Crippen LogP contribution in [0.2, 0.25) is 0 Å². The molecule has 0 saturated carbocycles. The van der Waals surface area contributed by atoms with Crippen LogP contribution in [0.15, 0.2) is 10.8 Å². The van der Waals surface area contributed by atoms with Gasteiger partial charge in [0.2, 0.25) is 0 Å². The van der Waals surface area contributed by atoms with E-state index in [1.807, 2.05) is 17.2 Å². The van der Waals surface area contributed by atoms with Gasteiger partial charge in [-0.2, -0.15) is 11.3 Å². The van der Waals surface area contributed by atoms with Crippen LogP contribution in [0.4, 0.5) is 0 Å². The minimum Gasteiger partial charge on any atom is -0.337 e. The van der Waals surface area contributed by atoms with Crippen LogP contribution in [-0.4, -0.2) is 36.5 Å². The van der Waals surface area contributed by atoms with Crippen LogP contribution in [0.1, 0.15) is 28.8 Å². The molecule has 3 heterocycles. The number of rotatable bonds is 1. The molecule has 3 nitrogen and oxygen atoms in total. The van der Waals surface area contributed by atoms with Crippen molar-refractivity contribution in [2.45, 2.75) is 25.8 Å². The maximum Gasteiger partial charge on any atom is 0.255 e. The molecule has 1 aromatic heterocycles. The predicted octanol–water partition coefficient (Wildman–Crippen LogP) is 1.88. The zero-order chi connectivity index (χ0) is 11.8. The van der Waals surface area contributed by atoms with Crippen molar-refractivity contribution in [3.8, 4) is 0 Å². The first kappa shape index (κ1) is 11.2. The molecule has 2 fully saturated rings. The molecule has 0 aromatic carbocycles. The third kappa shape index (κ3) is 2.00. The Balaban J connectivity index is 1.74. The first-order chi connectivity index (χ1) is 8.25. The van der Waals surface area contributed by atoms with Crippen LogP contribution in [0.25, 0.3) is 0 Å². The molecule has 2 atom stereocenters. The number of thiophene rings is 1. The molecule has 1 N–H and O–H groups in total. The van der Waals surface area contributed by atoms with Gasteiger partial charge in [-0.3, -0.25) is 4.79 Å². The molecule has 0 spiro atoms. The van der Waals surface area contributed by atoms with Crippen molar-refractivity contribution in [3.05, 3.63) is 21.9 Å². The maximum absolute atomic E-state index is 12.4. The molecule has 1 aromatic rings. The minimum atomic E-state index is 0.222.